The van der Waals surface area contributed by atoms with Crippen molar-refractivity contribution in [2.24, 2.45) is 0 Å². The number of fused-ring (bicyclic) bond motifs is 3. The molecule has 0 aliphatic heterocycles. The predicted molar refractivity (Wildman–Crippen MR) is 63.6 cm³/mol. The van der Waals surface area contributed by atoms with E-state index in [2.05, 4.69) is 28.0 Å². The Hall–Kier alpha value is -1.55. The van der Waals surface area contributed by atoms with Gasteiger partial charge < -0.3 is 4.57 Å². The Morgan fingerprint density at radius 3 is 3.00 bits per heavy atom. The topological polar surface area (TPSA) is 37.8 Å². The molecule has 0 aliphatic carbocycles. The molecule has 0 spiro atoms. The highest BCUT2D eigenvalue weighted by molar-refractivity contribution is 7.14. The van der Waals surface area contributed by atoms with Crippen LogP contribution in [-0.2, 0) is 6.54 Å². The third kappa shape index (κ3) is 1.02. The van der Waals surface area contributed by atoms with Crippen molar-refractivity contribution in [2.75, 3.05) is 0 Å². The first-order valence-electron chi connectivity index (χ1n) is 4.91. The van der Waals surface area contributed by atoms with Crippen LogP contribution in [0.5, 0.6) is 0 Å². The molecular weight excluding hydrogens is 208 g/mol. The van der Waals surface area contributed by atoms with Crippen molar-refractivity contribution in [3.63, 3.8) is 0 Å². The highest BCUT2D eigenvalue weighted by Crippen LogP contribution is 2.28. The van der Waals surface area contributed by atoms with E-state index in [-0.39, 0.29) is 5.56 Å². The van der Waals surface area contributed by atoms with Crippen LogP contribution in [0.15, 0.2) is 29.1 Å². The number of rotatable bonds is 1. The van der Waals surface area contributed by atoms with E-state index in [4.69, 9.17) is 0 Å². The number of nitrogens with zero attached hydrogens (tertiary/aromatic N) is 1. The number of nitrogens with one attached hydrogen (secondary N) is 1. The highest BCUT2D eigenvalue weighted by Gasteiger charge is 2.13. The Bertz CT molecular complexity index is 689. The van der Waals surface area contributed by atoms with Crippen molar-refractivity contribution in [1.29, 1.82) is 0 Å². The molecule has 76 valence electrons. The number of aromatic amines is 1. The van der Waals surface area contributed by atoms with Crippen molar-refractivity contribution < 1.29 is 0 Å². The summed E-state index contributed by atoms with van der Waals surface area (Å²) in [5.41, 5.74) is 1.98. The monoisotopic (exact) mass is 218 g/mol. The van der Waals surface area contributed by atoms with Gasteiger partial charge in [0.2, 0.25) is 0 Å². The Morgan fingerprint density at radius 2 is 2.20 bits per heavy atom. The van der Waals surface area contributed by atoms with Crippen LogP contribution in [0.2, 0.25) is 0 Å². The maximum Gasteiger partial charge on any atom is 0.282 e. The average Bonchev–Trinajstić information content (AvgIpc) is 2.78. The third-order valence-corrected chi connectivity index (χ3v) is 3.61. The molecule has 2 aromatic heterocycles. The second kappa shape index (κ2) is 2.97. The normalized spacial score (nSPS) is 11.5. The summed E-state index contributed by atoms with van der Waals surface area (Å²) in [4.78, 5) is 11.7. The second-order valence-electron chi connectivity index (χ2n) is 3.47. The van der Waals surface area contributed by atoms with Crippen molar-refractivity contribution in [3.05, 3.63) is 34.6 Å². The van der Waals surface area contributed by atoms with Crippen molar-refractivity contribution in [3.8, 4) is 0 Å². The highest BCUT2D eigenvalue weighted by atomic mass is 32.1. The predicted octanol–water partition coefficient (Wildman–Crippen LogP) is 2.56. The molecular formula is C11H10N2OS. The van der Waals surface area contributed by atoms with Gasteiger partial charge in [-0.2, -0.15) is 0 Å². The molecule has 4 heteroatoms. The quantitative estimate of drug-likeness (QED) is 0.669. The van der Waals surface area contributed by atoms with E-state index in [1.54, 1.807) is 0 Å². The molecule has 3 nitrogen and oxygen atoms in total. The summed E-state index contributed by atoms with van der Waals surface area (Å²) in [6.45, 7) is 2.88. The fourth-order valence-corrected chi connectivity index (χ4v) is 2.95. The van der Waals surface area contributed by atoms with E-state index in [0.29, 0.717) is 0 Å². The van der Waals surface area contributed by atoms with Crippen LogP contribution in [0.25, 0.3) is 21.1 Å². The summed E-state index contributed by atoms with van der Waals surface area (Å²) in [5.74, 6) is 0. The maximum absolute atomic E-state index is 11.7. The first kappa shape index (κ1) is 8.73. The molecule has 0 aliphatic rings. The average molecular weight is 218 g/mol. The molecule has 0 saturated carbocycles. The zero-order valence-corrected chi connectivity index (χ0v) is 9.10. The van der Waals surface area contributed by atoms with Crippen molar-refractivity contribution in [2.45, 2.75) is 13.5 Å². The fourth-order valence-electron chi connectivity index (χ4n) is 2.07. The molecule has 0 saturated heterocycles. The van der Waals surface area contributed by atoms with Gasteiger partial charge >= 0.3 is 0 Å². The molecule has 0 radical (unpaired) electrons. The van der Waals surface area contributed by atoms with Gasteiger partial charge in [-0.1, -0.05) is 29.7 Å². The van der Waals surface area contributed by atoms with Crippen LogP contribution in [0, 0.1) is 0 Å². The number of H-pyrrole nitrogens is 1. The molecule has 15 heavy (non-hydrogen) atoms. The van der Waals surface area contributed by atoms with Gasteiger partial charge in [0, 0.05) is 11.9 Å². The van der Waals surface area contributed by atoms with E-state index in [9.17, 15) is 4.79 Å². The smallest absolute Gasteiger partial charge is 0.282 e. The standard InChI is InChI=1S/C11H10N2OS/c1-2-13-8-6-4-3-5-7(8)10-9(13)11(14)12-15-10/h3-6H,2H2,1H3,(H,12,14). The van der Waals surface area contributed by atoms with Gasteiger partial charge in [-0.3, -0.25) is 9.17 Å². The van der Waals surface area contributed by atoms with Crippen LogP contribution >= 0.6 is 11.5 Å². The first-order valence-corrected chi connectivity index (χ1v) is 5.73. The molecule has 1 N–H and O–H groups in total. The van der Waals surface area contributed by atoms with E-state index in [1.165, 1.54) is 11.5 Å². The van der Waals surface area contributed by atoms with Gasteiger partial charge in [-0.25, -0.2) is 0 Å². The van der Waals surface area contributed by atoms with Crippen LogP contribution in [-0.4, -0.2) is 8.94 Å². The number of aromatic nitrogens is 2. The lowest BCUT2D eigenvalue weighted by atomic mass is 10.2. The van der Waals surface area contributed by atoms with Crippen LogP contribution in [0.4, 0.5) is 0 Å². The van der Waals surface area contributed by atoms with Gasteiger partial charge in [0.15, 0.2) is 0 Å². The van der Waals surface area contributed by atoms with Gasteiger partial charge in [-0.05, 0) is 13.0 Å². The maximum atomic E-state index is 11.7. The minimum Gasteiger partial charge on any atom is -0.335 e. The second-order valence-corrected chi connectivity index (χ2v) is 4.29. The molecule has 0 atom stereocenters. The SMILES string of the molecule is CCn1c2ccccc2c2s[nH]c(=O)c21. The number of hydrogen-bond acceptors (Lipinski definition) is 2. The van der Waals surface area contributed by atoms with E-state index >= 15 is 0 Å². The van der Waals surface area contributed by atoms with Crippen LogP contribution in [0.3, 0.4) is 0 Å². The minimum absolute atomic E-state index is 0.0213. The third-order valence-electron chi connectivity index (χ3n) is 2.70. The lowest BCUT2D eigenvalue weighted by Crippen LogP contribution is -2.04. The number of benzene rings is 1. The summed E-state index contributed by atoms with van der Waals surface area (Å²) in [7, 11) is 0. The molecule has 0 fully saturated rings. The molecule has 3 rings (SSSR count). The van der Waals surface area contributed by atoms with Crippen LogP contribution < -0.4 is 5.56 Å². The molecule has 0 unspecified atom stereocenters. The summed E-state index contributed by atoms with van der Waals surface area (Å²) in [5, 5.41) is 1.16. The summed E-state index contributed by atoms with van der Waals surface area (Å²) in [6.07, 6.45) is 0. The number of aryl methyl sites for hydroxylation is 1. The van der Waals surface area contributed by atoms with Gasteiger partial charge in [0.1, 0.15) is 5.52 Å². The summed E-state index contributed by atoms with van der Waals surface area (Å²) in [6, 6.07) is 8.14. The van der Waals surface area contributed by atoms with Gasteiger partial charge in [0.05, 0.1) is 10.2 Å². The molecule has 3 aromatic rings. The van der Waals surface area contributed by atoms with Gasteiger partial charge in [0.25, 0.3) is 5.56 Å². The summed E-state index contributed by atoms with van der Waals surface area (Å²) >= 11 is 1.42. The lowest BCUT2D eigenvalue weighted by Gasteiger charge is -1.99. The zero-order valence-electron chi connectivity index (χ0n) is 8.28. The molecule has 0 bridgehead atoms. The van der Waals surface area contributed by atoms with Crippen molar-refractivity contribution in [1.82, 2.24) is 8.94 Å². The van der Waals surface area contributed by atoms with E-state index in [1.807, 2.05) is 12.1 Å². The Labute approximate surface area is 90.1 Å². The number of para-hydroxylation sites is 1. The first-order chi connectivity index (χ1) is 7.33. The Kier molecular flexibility index (Phi) is 1.73. The van der Waals surface area contributed by atoms with Gasteiger partial charge in [-0.15, -0.1) is 0 Å². The molecule has 0 amide bonds. The largest absolute Gasteiger partial charge is 0.335 e. The fraction of sp³-hybridized carbons (Fsp3) is 0.182. The lowest BCUT2D eigenvalue weighted by molar-refractivity contribution is 0.824. The Morgan fingerprint density at radius 1 is 1.40 bits per heavy atom. The Balaban J connectivity index is 2.69. The zero-order chi connectivity index (χ0) is 10.4. The number of hydrogen-bond donors (Lipinski definition) is 1. The molecule has 2 heterocycles. The van der Waals surface area contributed by atoms with Crippen molar-refractivity contribution >= 4 is 32.7 Å². The molecule has 1 aromatic carbocycles. The van der Waals surface area contributed by atoms with E-state index in [0.717, 1.165) is 27.7 Å². The summed E-state index contributed by atoms with van der Waals surface area (Å²) < 4.78 is 5.93. The minimum atomic E-state index is 0.0213. The van der Waals surface area contributed by atoms with E-state index < -0.39 is 0 Å². The van der Waals surface area contributed by atoms with Crippen LogP contribution in [0.1, 0.15) is 6.92 Å².